The van der Waals surface area contributed by atoms with E-state index >= 15 is 0 Å². The molecule has 1 fully saturated rings. The molecule has 1 aliphatic rings. The maximum absolute atomic E-state index is 13.7. The van der Waals surface area contributed by atoms with Gasteiger partial charge in [-0.05, 0) is 47.4 Å². The third-order valence-electron chi connectivity index (χ3n) is 4.19. The van der Waals surface area contributed by atoms with Crippen LogP contribution in [0.25, 0.3) is 11.1 Å². The molecular weight excluding hydrogens is 337 g/mol. The van der Waals surface area contributed by atoms with E-state index in [9.17, 15) is 14.3 Å². The monoisotopic (exact) mass is 359 g/mol. The van der Waals surface area contributed by atoms with Crippen molar-refractivity contribution in [3.05, 3.63) is 53.8 Å². The zero-order valence-corrected chi connectivity index (χ0v) is 14.6. The van der Waals surface area contributed by atoms with Crippen molar-refractivity contribution in [2.75, 3.05) is 13.2 Å². The fourth-order valence-corrected chi connectivity index (χ4v) is 2.96. The fourth-order valence-electron chi connectivity index (χ4n) is 2.96. The van der Waals surface area contributed by atoms with Gasteiger partial charge in [0.25, 0.3) is 0 Å². The summed E-state index contributed by atoms with van der Waals surface area (Å²) >= 11 is 0. The summed E-state index contributed by atoms with van der Waals surface area (Å²) in [5.74, 6) is 0.185. The first-order chi connectivity index (χ1) is 12.5. The van der Waals surface area contributed by atoms with E-state index in [-0.39, 0.29) is 18.3 Å². The van der Waals surface area contributed by atoms with Gasteiger partial charge in [-0.25, -0.2) is 4.39 Å². The molecule has 0 aromatic heterocycles. The molecular formula is C20H22FNO4. The average molecular weight is 359 g/mol. The van der Waals surface area contributed by atoms with Gasteiger partial charge in [0.1, 0.15) is 11.6 Å². The first-order valence-electron chi connectivity index (χ1n) is 8.61. The van der Waals surface area contributed by atoms with E-state index in [4.69, 9.17) is 9.47 Å². The summed E-state index contributed by atoms with van der Waals surface area (Å²) in [6.45, 7) is 2.23. The number of carbonyl (C=O) groups is 1. The normalized spacial score (nSPS) is 19.3. The SMILES string of the molecule is CC(=O)NCCc1ccc(OC2CC(O)CO2)cc1-c1cccc(F)c1. The molecule has 1 aliphatic heterocycles. The Balaban J connectivity index is 1.85. The van der Waals surface area contributed by atoms with Crippen molar-refractivity contribution in [1.82, 2.24) is 5.32 Å². The number of ether oxygens (including phenoxy) is 2. The van der Waals surface area contributed by atoms with E-state index in [2.05, 4.69) is 5.32 Å². The average Bonchev–Trinajstić information content (AvgIpc) is 3.00. The summed E-state index contributed by atoms with van der Waals surface area (Å²) in [7, 11) is 0. The third-order valence-corrected chi connectivity index (χ3v) is 4.19. The van der Waals surface area contributed by atoms with Crippen molar-refractivity contribution in [2.24, 2.45) is 0 Å². The number of rotatable bonds is 6. The van der Waals surface area contributed by atoms with Crippen LogP contribution in [0.2, 0.25) is 0 Å². The summed E-state index contributed by atoms with van der Waals surface area (Å²) < 4.78 is 24.8. The molecule has 2 atom stereocenters. The van der Waals surface area contributed by atoms with Gasteiger partial charge in [-0.15, -0.1) is 0 Å². The third kappa shape index (κ3) is 4.80. The van der Waals surface area contributed by atoms with E-state index in [1.165, 1.54) is 19.1 Å². The number of aliphatic hydroxyl groups excluding tert-OH is 1. The molecule has 26 heavy (non-hydrogen) atoms. The van der Waals surface area contributed by atoms with Crippen LogP contribution in [0.15, 0.2) is 42.5 Å². The lowest BCUT2D eigenvalue weighted by molar-refractivity contribution is -0.118. The van der Waals surface area contributed by atoms with Gasteiger partial charge in [0.2, 0.25) is 12.2 Å². The molecule has 1 heterocycles. The molecule has 2 unspecified atom stereocenters. The second-order valence-corrected chi connectivity index (χ2v) is 6.33. The summed E-state index contributed by atoms with van der Waals surface area (Å²) in [6.07, 6.45) is 0.0272. The summed E-state index contributed by atoms with van der Waals surface area (Å²) in [4.78, 5) is 11.1. The van der Waals surface area contributed by atoms with Gasteiger partial charge in [-0.3, -0.25) is 4.79 Å². The van der Waals surface area contributed by atoms with Crippen molar-refractivity contribution in [1.29, 1.82) is 0 Å². The van der Waals surface area contributed by atoms with E-state index in [0.29, 0.717) is 25.1 Å². The molecule has 1 saturated heterocycles. The molecule has 0 aliphatic carbocycles. The maximum atomic E-state index is 13.7. The van der Waals surface area contributed by atoms with Crippen LogP contribution in [0.4, 0.5) is 4.39 Å². The molecule has 0 radical (unpaired) electrons. The number of halogens is 1. The van der Waals surface area contributed by atoms with Gasteiger partial charge in [-0.2, -0.15) is 0 Å². The number of nitrogens with one attached hydrogen (secondary N) is 1. The van der Waals surface area contributed by atoms with Crippen molar-refractivity contribution in [3.8, 4) is 16.9 Å². The molecule has 2 N–H and O–H groups in total. The first kappa shape index (κ1) is 18.4. The highest BCUT2D eigenvalue weighted by Gasteiger charge is 2.25. The predicted octanol–water partition coefficient (Wildman–Crippen LogP) is 2.66. The van der Waals surface area contributed by atoms with Gasteiger partial charge >= 0.3 is 0 Å². The quantitative estimate of drug-likeness (QED) is 0.832. The Hall–Kier alpha value is -2.44. The second-order valence-electron chi connectivity index (χ2n) is 6.33. The van der Waals surface area contributed by atoms with Gasteiger partial charge in [0.05, 0.1) is 12.7 Å². The van der Waals surface area contributed by atoms with Crippen molar-refractivity contribution in [3.63, 3.8) is 0 Å². The molecule has 2 aromatic rings. The van der Waals surface area contributed by atoms with Crippen LogP contribution in [0.1, 0.15) is 18.9 Å². The number of amides is 1. The summed E-state index contributed by atoms with van der Waals surface area (Å²) in [6, 6.07) is 11.9. The topological polar surface area (TPSA) is 67.8 Å². The predicted molar refractivity (Wildman–Crippen MR) is 95.2 cm³/mol. The Morgan fingerprint density at radius 3 is 2.88 bits per heavy atom. The van der Waals surface area contributed by atoms with Crippen molar-refractivity contribution < 1.29 is 23.8 Å². The lowest BCUT2D eigenvalue weighted by Gasteiger charge is -2.16. The standard InChI is InChI=1S/C20H22FNO4/c1-13(23)22-8-7-14-5-6-18(26-20-10-17(24)12-25-20)11-19(14)15-3-2-4-16(21)9-15/h2-6,9,11,17,20,24H,7-8,10,12H2,1H3,(H,22,23). The minimum Gasteiger partial charge on any atom is -0.465 e. The first-order valence-corrected chi connectivity index (χ1v) is 8.61. The Bertz CT molecular complexity index is 780. The van der Waals surface area contributed by atoms with Gasteiger partial charge in [-0.1, -0.05) is 18.2 Å². The minimum atomic E-state index is -0.514. The molecule has 6 heteroatoms. The molecule has 0 spiro atoms. The molecule has 0 saturated carbocycles. The number of aliphatic hydroxyl groups is 1. The van der Waals surface area contributed by atoms with Crippen LogP contribution in [-0.2, 0) is 16.0 Å². The Kier molecular flexibility index (Phi) is 5.85. The van der Waals surface area contributed by atoms with Crippen LogP contribution >= 0.6 is 0 Å². The van der Waals surface area contributed by atoms with Crippen LogP contribution in [-0.4, -0.2) is 36.6 Å². The minimum absolute atomic E-state index is 0.0887. The summed E-state index contributed by atoms with van der Waals surface area (Å²) in [5.41, 5.74) is 2.55. The van der Waals surface area contributed by atoms with Crippen LogP contribution in [0, 0.1) is 5.82 Å². The number of hydrogen-bond acceptors (Lipinski definition) is 4. The molecule has 0 bridgehead atoms. The van der Waals surface area contributed by atoms with Gasteiger partial charge < -0.3 is 19.9 Å². The van der Waals surface area contributed by atoms with E-state index in [1.54, 1.807) is 6.07 Å². The smallest absolute Gasteiger partial charge is 0.216 e. The van der Waals surface area contributed by atoms with Crippen molar-refractivity contribution >= 4 is 5.91 Å². The zero-order valence-electron chi connectivity index (χ0n) is 14.6. The molecule has 1 amide bonds. The molecule has 2 aromatic carbocycles. The Labute approximate surface area is 151 Å². The highest BCUT2D eigenvalue weighted by atomic mass is 19.1. The molecule has 5 nitrogen and oxygen atoms in total. The van der Waals surface area contributed by atoms with Crippen molar-refractivity contribution in [2.45, 2.75) is 32.2 Å². The van der Waals surface area contributed by atoms with Crippen LogP contribution in [0.5, 0.6) is 5.75 Å². The largest absolute Gasteiger partial charge is 0.465 e. The Morgan fingerprint density at radius 1 is 1.35 bits per heavy atom. The van der Waals surface area contributed by atoms with E-state index < -0.39 is 12.4 Å². The van der Waals surface area contributed by atoms with Crippen LogP contribution < -0.4 is 10.1 Å². The molecule has 3 rings (SSSR count). The van der Waals surface area contributed by atoms with Gasteiger partial charge in [0.15, 0.2) is 0 Å². The lowest BCUT2D eigenvalue weighted by atomic mass is 9.97. The number of hydrogen-bond donors (Lipinski definition) is 2. The number of carbonyl (C=O) groups excluding carboxylic acids is 1. The maximum Gasteiger partial charge on any atom is 0.216 e. The summed E-state index contributed by atoms with van der Waals surface area (Å²) in [5, 5.41) is 12.3. The second kappa shape index (κ2) is 8.29. The molecule has 138 valence electrons. The van der Waals surface area contributed by atoms with E-state index in [1.807, 2.05) is 24.3 Å². The van der Waals surface area contributed by atoms with E-state index in [0.717, 1.165) is 16.7 Å². The zero-order chi connectivity index (χ0) is 18.5. The lowest BCUT2D eigenvalue weighted by Crippen LogP contribution is -2.22. The highest BCUT2D eigenvalue weighted by molar-refractivity contribution is 5.73. The Morgan fingerprint density at radius 2 is 2.19 bits per heavy atom. The van der Waals surface area contributed by atoms with Crippen LogP contribution in [0.3, 0.4) is 0 Å². The highest BCUT2D eigenvalue weighted by Crippen LogP contribution is 2.30. The number of benzene rings is 2. The van der Waals surface area contributed by atoms with Gasteiger partial charge in [0, 0.05) is 19.9 Å². The fraction of sp³-hybridized carbons (Fsp3) is 0.350.